The van der Waals surface area contributed by atoms with Gasteiger partial charge in [0.25, 0.3) is 0 Å². The van der Waals surface area contributed by atoms with Crippen LogP contribution in [-0.2, 0) is 11.3 Å². The number of imidazole rings is 1. The van der Waals surface area contributed by atoms with Crippen LogP contribution in [-0.4, -0.2) is 33.9 Å². The normalized spacial score (nSPS) is 17.1. The van der Waals surface area contributed by atoms with Crippen molar-refractivity contribution in [3.63, 3.8) is 0 Å². The van der Waals surface area contributed by atoms with Gasteiger partial charge in [-0.2, -0.15) is 5.10 Å². The van der Waals surface area contributed by atoms with E-state index in [1.165, 1.54) is 37.8 Å². The number of aromatic nitrogens is 3. The van der Waals surface area contributed by atoms with E-state index in [4.69, 9.17) is 9.47 Å². The Morgan fingerprint density at radius 3 is 2.85 bits per heavy atom. The molecule has 0 amide bonds. The zero-order chi connectivity index (χ0) is 18.4. The number of rotatable bonds is 2. The van der Waals surface area contributed by atoms with Crippen LogP contribution in [0.1, 0.15) is 54.2 Å². The quantitative estimate of drug-likeness (QED) is 0.644. The lowest BCUT2D eigenvalue weighted by Crippen LogP contribution is -2.11. The number of ether oxygens (including phenoxy) is 2. The number of methoxy groups -OCH3 is 1. The standard InChI is InChI=1S/C21H23N3O3/c1-26-21(25)16-13-18-23-11-12-27-17-10-6-5-9-15(17)20(23)19(24(18)22-16)14-7-3-2-4-8-14/h5-6,9-10,13-14H,2-4,7-8,11-12H2,1H3. The molecule has 27 heavy (non-hydrogen) atoms. The van der Waals surface area contributed by atoms with Crippen LogP contribution in [0.5, 0.6) is 5.75 Å². The molecule has 3 aromatic rings. The minimum Gasteiger partial charge on any atom is -0.491 e. The van der Waals surface area contributed by atoms with Gasteiger partial charge >= 0.3 is 5.97 Å². The molecule has 0 spiro atoms. The number of fused-ring (bicyclic) bond motifs is 5. The molecule has 3 heterocycles. The monoisotopic (exact) mass is 365 g/mol. The fourth-order valence-corrected chi connectivity index (χ4v) is 4.59. The SMILES string of the molecule is COC(=O)c1cc2n3c(c(C4CCCCC4)n2n1)-c1ccccc1OCC3. The number of nitrogens with zero attached hydrogens (tertiary/aromatic N) is 3. The van der Waals surface area contributed by atoms with Crippen molar-refractivity contribution in [3.8, 4) is 17.0 Å². The van der Waals surface area contributed by atoms with E-state index in [9.17, 15) is 4.79 Å². The Labute approximate surface area is 157 Å². The summed E-state index contributed by atoms with van der Waals surface area (Å²) < 4.78 is 15.2. The molecule has 1 saturated carbocycles. The lowest BCUT2D eigenvalue weighted by atomic mass is 9.85. The average Bonchev–Trinajstić information content (AvgIpc) is 3.20. The molecule has 1 fully saturated rings. The van der Waals surface area contributed by atoms with Crippen molar-refractivity contribution in [3.05, 3.63) is 41.7 Å². The molecule has 0 radical (unpaired) electrons. The molecule has 6 heteroatoms. The van der Waals surface area contributed by atoms with Crippen molar-refractivity contribution in [2.45, 2.75) is 44.6 Å². The highest BCUT2D eigenvalue weighted by atomic mass is 16.5. The van der Waals surface area contributed by atoms with Crippen molar-refractivity contribution < 1.29 is 14.3 Å². The Morgan fingerprint density at radius 2 is 2.04 bits per heavy atom. The van der Waals surface area contributed by atoms with Crippen LogP contribution < -0.4 is 4.74 Å². The first-order valence-electron chi connectivity index (χ1n) is 9.70. The maximum atomic E-state index is 12.1. The van der Waals surface area contributed by atoms with Gasteiger partial charge in [-0.15, -0.1) is 0 Å². The van der Waals surface area contributed by atoms with Crippen LogP contribution in [0.25, 0.3) is 16.9 Å². The van der Waals surface area contributed by atoms with Gasteiger partial charge in [0, 0.05) is 17.5 Å². The molecule has 0 unspecified atom stereocenters. The van der Waals surface area contributed by atoms with E-state index >= 15 is 0 Å². The number of hydrogen-bond acceptors (Lipinski definition) is 4. The molecule has 2 aliphatic rings. The van der Waals surface area contributed by atoms with Crippen LogP contribution in [0.3, 0.4) is 0 Å². The Balaban J connectivity index is 1.80. The molecule has 140 valence electrons. The lowest BCUT2D eigenvalue weighted by Gasteiger charge is -2.22. The van der Waals surface area contributed by atoms with E-state index in [1.807, 2.05) is 22.7 Å². The minimum absolute atomic E-state index is 0.360. The first kappa shape index (κ1) is 16.4. The summed E-state index contributed by atoms with van der Waals surface area (Å²) in [5, 5.41) is 4.65. The molecule has 0 bridgehead atoms. The highest BCUT2D eigenvalue weighted by Crippen LogP contribution is 2.43. The smallest absolute Gasteiger partial charge is 0.358 e. The van der Waals surface area contributed by atoms with Gasteiger partial charge in [-0.1, -0.05) is 31.4 Å². The zero-order valence-electron chi connectivity index (χ0n) is 15.5. The van der Waals surface area contributed by atoms with Crippen LogP contribution in [0.2, 0.25) is 0 Å². The third-order valence-corrected chi connectivity index (χ3v) is 5.81. The molecule has 0 N–H and O–H groups in total. The Bertz CT molecular complexity index is 1010. The van der Waals surface area contributed by atoms with E-state index in [0.29, 0.717) is 18.2 Å². The summed E-state index contributed by atoms with van der Waals surface area (Å²) in [6, 6.07) is 10.1. The highest BCUT2D eigenvalue weighted by Gasteiger charge is 2.31. The van der Waals surface area contributed by atoms with E-state index in [1.54, 1.807) is 0 Å². The first-order chi connectivity index (χ1) is 13.3. The molecular formula is C21H23N3O3. The van der Waals surface area contributed by atoms with Crippen molar-refractivity contribution in [1.82, 2.24) is 14.2 Å². The molecule has 0 atom stereocenters. The van der Waals surface area contributed by atoms with Crippen molar-refractivity contribution in [1.29, 1.82) is 0 Å². The molecule has 1 aliphatic heterocycles. The third-order valence-electron chi connectivity index (χ3n) is 5.81. The number of hydrogen-bond donors (Lipinski definition) is 0. The molecule has 6 nitrogen and oxygen atoms in total. The molecule has 5 rings (SSSR count). The van der Waals surface area contributed by atoms with E-state index in [0.717, 1.165) is 36.3 Å². The maximum absolute atomic E-state index is 12.1. The number of esters is 1. The van der Waals surface area contributed by atoms with E-state index in [2.05, 4.69) is 21.8 Å². The lowest BCUT2D eigenvalue weighted by molar-refractivity contribution is 0.0593. The fourth-order valence-electron chi connectivity index (χ4n) is 4.59. The average molecular weight is 365 g/mol. The van der Waals surface area contributed by atoms with Gasteiger partial charge in [-0.05, 0) is 25.0 Å². The second-order valence-electron chi connectivity index (χ2n) is 7.36. The fraction of sp³-hybridized carbons (Fsp3) is 0.429. The van der Waals surface area contributed by atoms with E-state index in [-0.39, 0.29) is 0 Å². The number of benzene rings is 1. The third kappa shape index (κ3) is 2.54. The number of carbonyl (C=O) groups is 1. The van der Waals surface area contributed by atoms with Crippen molar-refractivity contribution in [2.75, 3.05) is 13.7 Å². The summed E-state index contributed by atoms with van der Waals surface area (Å²) in [6.45, 7) is 1.32. The Hall–Kier alpha value is -2.76. The van der Waals surface area contributed by atoms with Gasteiger partial charge in [0.15, 0.2) is 5.69 Å². The minimum atomic E-state index is -0.395. The number of carbonyl (C=O) groups excluding carboxylic acids is 1. The van der Waals surface area contributed by atoms with Gasteiger partial charge in [0.2, 0.25) is 0 Å². The van der Waals surface area contributed by atoms with Gasteiger partial charge in [0.05, 0.1) is 25.0 Å². The largest absolute Gasteiger partial charge is 0.491 e. The summed E-state index contributed by atoms with van der Waals surface area (Å²) in [5.74, 6) is 0.962. The molecular weight excluding hydrogens is 342 g/mol. The Kier molecular flexibility index (Phi) is 3.92. The molecule has 1 aliphatic carbocycles. The van der Waals surface area contributed by atoms with Gasteiger partial charge < -0.3 is 14.0 Å². The van der Waals surface area contributed by atoms with Gasteiger partial charge in [0.1, 0.15) is 18.0 Å². The zero-order valence-corrected chi connectivity index (χ0v) is 15.5. The second-order valence-corrected chi connectivity index (χ2v) is 7.36. The molecule has 0 saturated heterocycles. The Morgan fingerprint density at radius 1 is 1.22 bits per heavy atom. The predicted molar refractivity (Wildman–Crippen MR) is 101 cm³/mol. The summed E-state index contributed by atoms with van der Waals surface area (Å²) in [7, 11) is 1.39. The first-order valence-corrected chi connectivity index (χ1v) is 9.70. The summed E-state index contributed by atoms with van der Waals surface area (Å²) in [5.41, 5.74) is 4.80. The molecule has 2 aromatic heterocycles. The van der Waals surface area contributed by atoms with Crippen LogP contribution in [0.4, 0.5) is 0 Å². The highest BCUT2D eigenvalue weighted by molar-refractivity contribution is 5.89. The van der Waals surface area contributed by atoms with Crippen LogP contribution >= 0.6 is 0 Å². The van der Waals surface area contributed by atoms with Crippen molar-refractivity contribution in [2.24, 2.45) is 0 Å². The van der Waals surface area contributed by atoms with E-state index < -0.39 is 5.97 Å². The summed E-state index contributed by atoms with van der Waals surface area (Å²) in [6.07, 6.45) is 6.08. The van der Waals surface area contributed by atoms with Gasteiger partial charge in [-0.3, -0.25) is 0 Å². The second kappa shape index (κ2) is 6.44. The summed E-state index contributed by atoms with van der Waals surface area (Å²) in [4.78, 5) is 12.1. The van der Waals surface area contributed by atoms with Crippen LogP contribution in [0, 0.1) is 0 Å². The van der Waals surface area contributed by atoms with Crippen LogP contribution in [0.15, 0.2) is 30.3 Å². The topological polar surface area (TPSA) is 57.8 Å². The van der Waals surface area contributed by atoms with Gasteiger partial charge in [-0.25, -0.2) is 9.31 Å². The maximum Gasteiger partial charge on any atom is 0.358 e. The summed E-state index contributed by atoms with van der Waals surface area (Å²) >= 11 is 0. The van der Waals surface area contributed by atoms with Crippen molar-refractivity contribution >= 4 is 11.6 Å². The molecule has 1 aromatic carbocycles. The predicted octanol–water partition coefficient (Wildman–Crippen LogP) is 4.03. The number of para-hydroxylation sites is 1.